The summed E-state index contributed by atoms with van der Waals surface area (Å²) in [7, 11) is -3.96. The Bertz CT molecular complexity index is 1660. The Kier molecular flexibility index (Phi) is 8.96. The summed E-state index contributed by atoms with van der Waals surface area (Å²) in [5.41, 5.74) is 9.14. The Morgan fingerprint density at radius 3 is 2.33 bits per heavy atom. The number of anilines is 1. The van der Waals surface area contributed by atoms with Gasteiger partial charge in [-0.15, -0.1) is 11.8 Å². The van der Waals surface area contributed by atoms with E-state index in [-0.39, 0.29) is 29.4 Å². The largest absolute Gasteiger partial charge is 0.489 e. The molecule has 8 nitrogen and oxygen atoms in total. The van der Waals surface area contributed by atoms with E-state index in [1.54, 1.807) is 41.3 Å². The van der Waals surface area contributed by atoms with Crippen molar-refractivity contribution >= 4 is 39.4 Å². The number of amides is 2. The summed E-state index contributed by atoms with van der Waals surface area (Å²) in [5.74, 6) is -0.128. The second-order valence-corrected chi connectivity index (χ2v) is 12.7. The number of rotatable bonds is 11. The van der Waals surface area contributed by atoms with Crippen LogP contribution in [-0.2, 0) is 25.7 Å². The van der Waals surface area contributed by atoms with Gasteiger partial charge in [0.1, 0.15) is 17.7 Å². The van der Waals surface area contributed by atoms with Crippen LogP contribution in [-0.4, -0.2) is 32.1 Å². The van der Waals surface area contributed by atoms with Gasteiger partial charge < -0.3 is 10.5 Å². The fourth-order valence-corrected chi connectivity index (χ4v) is 6.90. The van der Waals surface area contributed by atoms with Gasteiger partial charge in [-0.1, -0.05) is 66.2 Å². The Balaban J connectivity index is 1.33. The minimum absolute atomic E-state index is 0.0656. The number of ether oxygens (including phenoxy) is 1. The van der Waals surface area contributed by atoms with Crippen molar-refractivity contribution in [3.8, 4) is 5.75 Å². The average Bonchev–Trinajstić information content (AvgIpc) is 3.32. The maximum absolute atomic E-state index is 13.7. The predicted octanol–water partition coefficient (Wildman–Crippen LogP) is 5.62. The van der Waals surface area contributed by atoms with Crippen molar-refractivity contribution in [1.82, 2.24) is 0 Å². The van der Waals surface area contributed by atoms with Crippen LogP contribution in [0.4, 0.5) is 5.69 Å². The van der Waals surface area contributed by atoms with Crippen molar-refractivity contribution < 1.29 is 26.9 Å². The second-order valence-electron chi connectivity index (χ2n) is 9.82. The lowest BCUT2D eigenvalue weighted by Gasteiger charge is -2.25. The molecule has 10 heteroatoms. The van der Waals surface area contributed by atoms with Gasteiger partial charge in [-0.3, -0.25) is 18.7 Å². The van der Waals surface area contributed by atoms with E-state index in [0.29, 0.717) is 18.0 Å². The van der Waals surface area contributed by atoms with Crippen molar-refractivity contribution in [2.45, 2.75) is 35.5 Å². The fraction of sp³-hybridized carbons (Fsp3) is 0.188. The van der Waals surface area contributed by atoms with Gasteiger partial charge in [0.25, 0.3) is 10.1 Å². The molecule has 1 aliphatic heterocycles. The summed E-state index contributed by atoms with van der Waals surface area (Å²) < 4.78 is 36.5. The highest BCUT2D eigenvalue weighted by Crippen LogP contribution is 2.47. The molecule has 4 aromatic carbocycles. The van der Waals surface area contributed by atoms with Crippen LogP contribution in [0.15, 0.2) is 108 Å². The molecule has 42 heavy (non-hydrogen) atoms. The van der Waals surface area contributed by atoms with Gasteiger partial charge in [0.05, 0.1) is 16.8 Å². The molecular formula is C32H30N2O6S2. The maximum atomic E-state index is 13.7. The summed E-state index contributed by atoms with van der Waals surface area (Å²) in [6.45, 7) is 2.14. The monoisotopic (exact) mass is 602 g/mol. The van der Waals surface area contributed by atoms with Crippen LogP contribution < -0.4 is 15.4 Å². The molecule has 5 rings (SSSR count). The van der Waals surface area contributed by atoms with Crippen LogP contribution in [0.25, 0.3) is 0 Å². The van der Waals surface area contributed by atoms with Crippen molar-refractivity contribution in [2.24, 2.45) is 5.73 Å². The molecule has 2 amide bonds. The summed E-state index contributed by atoms with van der Waals surface area (Å²) in [6.07, 6.45) is 0.176. The van der Waals surface area contributed by atoms with Crippen molar-refractivity contribution in [2.75, 3.05) is 11.5 Å². The fourth-order valence-electron chi connectivity index (χ4n) is 4.54. The van der Waals surface area contributed by atoms with Crippen LogP contribution in [0.3, 0.4) is 0 Å². The number of nitrogens with zero attached hydrogens (tertiary/aromatic N) is 1. The van der Waals surface area contributed by atoms with Crippen LogP contribution >= 0.6 is 11.8 Å². The molecule has 0 aromatic heterocycles. The van der Waals surface area contributed by atoms with Crippen molar-refractivity contribution in [3.63, 3.8) is 0 Å². The molecule has 0 radical (unpaired) electrons. The van der Waals surface area contributed by atoms with E-state index in [9.17, 15) is 18.0 Å². The molecule has 0 spiro atoms. The van der Waals surface area contributed by atoms with E-state index in [2.05, 4.69) is 0 Å². The van der Waals surface area contributed by atoms with Crippen molar-refractivity contribution in [1.29, 1.82) is 0 Å². The topological polar surface area (TPSA) is 116 Å². The minimum Gasteiger partial charge on any atom is -0.489 e. The smallest absolute Gasteiger partial charge is 0.296 e. The molecule has 0 unspecified atom stereocenters. The third-order valence-electron chi connectivity index (χ3n) is 6.79. The minimum atomic E-state index is -3.96. The zero-order chi connectivity index (χ0) is 29.7. The normalized spacial score (nSPS) is 16.9. The maximum Gasteiger partial charge on any atom is 0.296 e. The third kappa shape index (κ3) is 6.84. The summed E-state index contributed by atoms with van der Waals surface area (Å²) in [4.78, 5) is 27.3. The van der Waals surface area contributed by atoms with Crippen molar-refractivity contribution in [3.05, 3.63) is 125 Å². The summed E-state index contributed by atoms with van der Waals surface area (Å²) in [6, 6.07) is 30.3. The first-order valence-corrected chi connectivity index (χ1v) is 15.7. The number of primary amides is 1. The van der Waals surface area contributed by atoms with Gasteiger partial charge in [-0.25, -0.2) is 0 Å². The predicted molar refractivity (Wildman–Crippen MR) is 163 cm³/mol. The van der Waals surface area contributed by atoms with Crippen LogP contribution in [0.5, 0.6) is 5.75 Å². The van der Waals surface area contributed by atoms with Crippen LogP contribution in [0.1, 0.15) is 38.8 Å². The van der Waals surface area contributed by atoms with E-state index >= 15 is 0 Å². The molecule has 1 aliphatic rings. The Labute approximate surface area is 249 Å². The SMILES string of the molecule is Cc1ccc(S(=O)(=O)OCC[C@@H]2S[C@@H](c3ccc(OCc4ccccc4)cc3)N(c3cccc(C(N)=O)c3)C2=O)cc1. The van der Waals surface area contributed by atoms with Crippen LogP contribution in [0, 0.1) is 6.92 Å². The number of aryl methyl sites for hydroxylation is 1. The van der Waals surface area contributed by atoms with E-state index in [1.165, 1.54) is 23.9 Å². The van der Waals surface area contributed by atoms with E-state index < -0.39 is 26.6 Å². The second kappa shape index (κ2) is 12.8. The highest BCUT2D eigenvalue weighted by atomic mass is 32.2. The van der Waals surface area contributed by atoms with E-state index in [4.69, 9.17) is 14.7 Å². The Hall–Kier alpha value is -4.12. The Morgan fingerprint density at radius 1 is 0.929 bits per heavy atom. The van der Waals surface area contributed by atoms with Gasteiger partial charge >= 0.3 is 0 Å². The van der Waals surface area contributed by atoms with Gasteiger partial charge in [0.15, 0.2) is 0 Å². The molecule has 2 atom stereocenters. The first kappa shape index (κ1) is 29.4. The zero-order valence-electron chi connectivity index (χ0n) is 22.9. The standard InChI is InChI=1S/C32H30N2O6S2/c1-22-10-16-28(17-11-22)42(37,38)40-19-18-29-31(36)34(26-9-5-8-25(20-26)30(33)35)32(41-29)24-12-14-27(15-13-24)39-21-23-6-3-2-4-7-23/h2-17,20,29,32H,18-19,21H2,1H3,(H2,33,35)/t29-,32-/m0/s1. The molecule has 2 N–H and O–H groups in total. The summed E-state index contributed by atoms with van der Waals surface area (Å²) >= 11 is 1.40. The molecule has 1 heterocycles. The summed E-state index contributed by atoms with van der Waals surface area (Å²) in [5, 5.41) is -1.00. The highest BCUT2D eigenvalue weighted by molar-refractivity contribution is 8.01. The number of carbonyl (C=O) groups is 2. The van der Waals surface area contributed by atoms with Gasteiger partial charge in [-0.05, 0) is 66.9 Å². The van der Waals surface area contributed by atoms with E-state index in [1.807, 2.05) is 61.5 Å². The number of benzene rings is 4. The first-order valence-electron chi connectivity index (χ1n) is 13.3. The number of nitrogens with two attached hydrogens (primary N) is 1. The molecular weight excluding hydrogens is 572 g/mol. The third-order valence-corrected chi connectivity index (χ3v) is 9.62. The number of thioether (sulfide) groups is 1. The highest BCUT2D eigenvalue weighted by Gasteiger charge is 2.42. The van der Waals surface area contributed by atoms with Gasteiger partial charge in [0.2, 0.25) is 11.8 Å². The first-order chi connectivity index (χ1) is 20.2. The molecule has 1 fully saturated rings. The van der Waals surface area contributed by atoms with Crippen LogP contribution in [0.2, 0.25) is 0 Å². The van der Waals surface area contributed by atoms with Gasteiger partial charge in [-0.2, -0.15) is 8.42 Å². The number of carbonyl (C=O) groups excluding carboxylic acids is 2. The van der Waals surface area contributed by atoms with E-state index in [0.717, 1.165) is 16.7 Å². The number of hydrogen-bond donors (Lipinski definition) is 1. The lowest BCUT2D eigenvalue weighted by molar-refractivity contribution is -0.117. The zero-order valence-corrected chi connectivity index (χ0v) is 24.5. The average molecular weight is 603 g/mol. The molecule has 1 saturated heterocycles. The van der Waals surface area contributed by atoms with Gasteiger partial charge in [0, 0.05) is 11.3 Å². The molecule has 4 aromatic rings. The molecule has 0 bridgehead atoms. The Morgan fingerprint density at radius 2 is 1.64 bits per heavy atom. The molecule has 0 saturated carbocycles. The lowest BCUT2D eigenvalue weighted by atomic mass is 10.1. The number of hydrogen-bond acceptors (Lipinski definition) is 7. The molecule has 0 aliphatic carbocycles. The lowest BCUT2D eigenvalue weighted by Crippen LogP contribution is -2.31. The quantitative estimate of drug-likeness (QED) is 0.222. The molecule has 216 valence electrons.